The molecule has 0 atom stereocenters. The fourth-order valence-corrected chi connectivity index (χ4v) is 1.92. The van der Waals surface area contributed by atoms with Gasteiger partial charge in [-0.3, -0.25) is 4.79 Å². The van der Waals surface area contributed by atoms with E-state index in [9.17, 15) is 4.79 Å². The Labute approximate surface area is 91.6 Å². The standard InChI is InChI=1S/C10H13BrN2O/c1-13-6-8(11)4-9(13)10(14)12-5-7-2-3-7/h4,6-7H,2-3,5H2,1H3,(H,12,14). The van der Waals surface area contributed by atoms with Crippen LogP contribution in [0.5, 0.6) is 0 Å². The molecule has 3 nitrogen and oxygen atoms in total. The minimum absolute atomic E-state index is 0.0186. The Bertz CT molecular complexity index is 355. The van der Waals surface area contributed by atoms with Gasteiger partial charge < -0.3 is 9.88 Å². The molecular weight excluding hydrogens is 244 g/mol. The summed E-state index contributed by atoms with van der Waals surface area (Å²) < 4.78 is 2.77. The van der Waals surface area contributed by atoms with Gasteiger partial charge in [-0.2, -0.15) is 0 Å². The summed E-state index contributed by atoms with van der Waals surface area (Å²) >= 11 is 3.34. The lowest BCUT2D eigenvalue weighted by atomic mass is 10.3. The molecule has 0 radical (unpaired) electrons. The minimum Gasteiger partial charge on any atom is -0.350 e. The number of hydrogen-bond acceptors (Lipinski definition) is 1. The molecule has 1 N–H and O–H groups in total. The summed E-state index contributed by atoms with van der Waals surface area (Å²) in [6.07, 6.45) is 4.40. The molecule has 0 bridgehead atoms. The van der Waals surface area contributed by atoms with Crippen LogP contribution in [0.15, 0.2) is 16.7 Å². The Morgan fingerprint density at radius 1 is 1.71 bits per heavy atom. The van der Waals surface area contributed by atoms with E-state index in [1.807, 2.05) is 23.9 Å². The summed E-state index contributed by atoms with van der Waals surface area (Å²) in [4.78, 5) is 11.7. The number of halogens is 1. The average molecular weight is 257 g/mol. The zero-order chi connectivity index (χ0) is 10.1. The van der Waals surface area contributed by atoms with Crippen molar-refractivity contribution in [1.29, 1.82) is 0 Å². The van der Waals surface area contributed by atoms with E-state index in [0.717, 1.165) is 16.9 Å². The van der Waals surface area contributed by atoms with E-state index in [-0.39, 0.29) is 5.91 Å². The molecule has 4 heteroatoms. The highest BCUT2D eigenvalue weighted by Crippen LogP contribution is 2.27. The van der Waals surface area contributed by atoms with Crippen LogP contribution in [0.2, 0.25) is 0 Å². The molecule has 0 saturated heterocycles. The van der Waals surface area contributed by atoms with Crippen LogP contribution in [0.4, 0.5) is 0 Å². The lowest BCUT2D eigenvalue weighted by Crippen LogP contribution is -2.27. The first-order valence-corrected chi connectivity index (χ1v) is 5.56. The summed E-state index contributed by atoms with van der Waals surface area (Å²) in [5.74, 6) is 0.743. The van der Waals surface area contributed by atoms with Crippen LogP contribution >= 0.6 is 15.9 Å². The number of amides is 1. The van der Waals surface area contributed by atoms with E-state index >= 15 is 0 Å². The van der Waals surface area contributed by atoms with E-state index in [1.165, 1.54) is 12.8 Å². The number of nitrogens with zero attached hydrogens (tertiary/aromatic N) is 1. The second kappa shape index (κ2) is 3.77. The molecule has 76 valence electrons. The molecule has 1 fully saturated rings. The van der Waals surface area contributed by atoms with Crippen molar-refractivity contribution in [3.8, 4) is 0 Å². The highest BCUT2D eigenvalue weighted by atomic mass is 79.9. The van der Waals surface area contributed by atoms with Gasteiger partial charge in [0.2, 0.25) is 0 Å². The molecule has 2 rings (SSSR count). The zero-order valence-electron chi connectivity index (χ0n) is 8.09. The SMILES string of the molecule is Cn1cc(Br)cc1C(=O)NCC1CC1. The summed E-state index contributed by atoms with van der Waals surface area (Å²) in [7, 11) is 1.87. The molecule has 1 aliphatic carbocycles. The molecule has 0 unspecified atom stereocenters. The molecule has 1 aliphatic rings. The fourth-order valence-electron chi connectivity index (χ4n) is 1.40. The molecule has 0 aliphatic heterocycles. The number of hydrogen-bond donors (Lipinski definition) is 1. The number of carbonyl (C=O) groups excluding carboxylic acids is 1. The predicted octanol–water partition coefficient (Wildman–Crippen LogP) is 1.93. The number of nitrogens with one attached hydrogen (secondary N) is 1. The molecule has 1 amide bonds. The van der Waals surface area contributed by atoms with Gasteiger partial charge in [0.25, 0.3) is 5.91 Å². The van der Waals surface area contributed by atoms with Crippen LogP contribution in [0.25, 0.3) is 0 Å². The monoisotopic (exact) mass is 256 g/mol. The normalized spacial score (nSPS) is 15.6. The van der Waals surface area contributed by atoms with Crippen molar-refractivity contribution in [3.05, 3.63) is 22.4 Å². The predicted molar refractivity (Wildman–Crippen MR) is 58.2 cm³/mol. The van der Waals surface area contributed by atoms with Gasteiger partial charge >= 0.3 is 0 Å². The maximum absolute atomic E-state index is 11.7. The maximum Gasteiger partial charge on any atom is 0.267 e. The third-order valence-electron chi connectivity index (χ3n) is 2.45. The highest BCUT2D eigenvalue weighted by molar-refractivity contribution is 9.10. The highest BCUT2D eigenvalue weighted by Gasteiger charge is 2.22. The van der Waals surface area contributed by atoms with Gasteiger partial charge in [0, 0.05) is 24.3 Å². The van der Waals surface area contributed by atoms with E-state index in [0.29, 0.717) is 5.69 Å². The minimum atomic E-state index is 0.0186. The third kappa shape index (κ3) is 2.18. The Morgan fingerprint density at radius 3 is 2.93 bits per heavy atom. The van der Waals surface area contributed by atoms with Gasteiger partial charge in [-0.1, -0.05) is 0 Å². The van der Waals surface area contributed by atoms with E-state index in [4.69, 9.17) is 0 Å². The van der Waals surface area contributed by atoms with Gasteiger partial charge in [-0.05, 0) is 40.8 Å². The average Bonchev–Trinajstić information content (AvgIpc) is 2.88. The summed E-state index contributed by atoms with van der Waals surface area (Å²) in [6, 6.07) is 1.84. The molecule has 0 spiro atoms. The van der Waals surface area contributed by atoms with Crippen molar-refractivity contribution < 1.29 is 4.79 Å². The summed E-state index contributed by atoms with van der Waals surface area (Å²) in [6.45, 7) is 0.821. The molecular formula is C10H13BrN2O. The van der Waals surface area contributed by atoms with E-state index < -0.39 is 0 Å². The first-order valence-electron chi connectivity index (χ1n) is 4.77. The Morgan fingerprint density at radius 2 is 2.43 bits per heavy atom. The fraction of sp³-hybridized carbons (Fsp3) is 0.500. The van der Waals surface area contributed by atoms with Gasteiger partial charge in [-0.15, -0.1) is 0 Å². The van der Waals surface area contributed by atoms with Crippen LogP contribution in [-0.4, -0.2) is 17.0 Å². The topological polar surface area (TPSA) is 34.0 Å². The Hall–Kier alpha value is -0.770. The van der Waals surface area contributed by atoms with Gasteiger partial charge in [0.1, 0.15) is 5.69 Å². The Balaban J connectivity index is 1.98. The van der Waals surface area contributed by atoms with Crippen LogP contribution in [0.3, 0.4) is 0 Å². The van der Waals surface area contributed by atoms with Crippen LogP contribution < -0.4 is 5.32 Å². The van der Waals surface area contributed by atoms with Crippen molar-refractivity contribution >= 4 is 21.8 Å². The third-order valence-corrected chi connectivity index (χ3v) is 2.89. The van der Waals surface area contributed by atoms with Crippen molar-refractivity contribution in [2.24, 2.45) is 13.0 Å². The second-order valence-corrected chi connectivity index (χ2v) is 4.72. The molecule has 0 aromatic carbocycles. The summed E-state index contributed by atoms with van der Waals surface area (Å²) in [5.41, 5.74) is 0.706. The largest absolute Gasteiger partial charge is 0.350 e. The van der Waals surface area contributed by atoms with Crippen molar-refractivity contribution in [1.82, 2.24) is 9.88 Å². The van der Waals surface area contributed by atoms with Crippen LogP contribution in [0, 0.1) is 5.92 Å². The van der Waals surface area contributed by atoms with Gasteiger partial charge in [0.05, 0.1) is 0 Å². The van der Waals surface area contributed by atoms with Crippen molar-refractivity contribution in [2.75, 3.05) is 6.54 Å². The first-order chi connectivity index (χ1) is 6.66. The smallest absolute Gasteiger partial charge is 0.267 e. The number of aryl methyl sites for hydroxylation is 1. The molecule has 14 heavy (non-hydrogen) atoms. The zero-order valence-corrected chi connectivity index (χ0v) is 9.67. The van der Waals surface area contributed by atoms with E-state index in [2.05, 4.69) is 21.2 Å². The first kappa shape index (κ1) is 9.77. The number of rotatable bonds is 3. The quantitative estimate of drug-likeness (QED) is 0.882. The Kier molecular flexibility index (Phi) is 2.63. The molecule has 1 heterocycles. The number of carbonyl (C=O) groups is 1. The van der Waals surface area contributed by atoms with Gasteiger partial charge in [0.15, 0.2) is 0 Å². The lowest BCUT2D eigenvalue weighted by molar-refractivity contribution is 0.0943. The number of aromatic nitrogens is 1. The molecule has 1 aromatic heterocycles. The maximum atomic E-state index is 11.7. The van der Waals surface area contributed by atoms with Gasteiger partial charge in [-0.25, -0.2) is 0 Å². The summed E-state index contributed by atoms with van der Waals surface area (Å²) in [5, 5.41) is 2.93. The van der Waals surface area contributed by atoms with Crippen LogP contribution in [0.1, 0.15) is 23.3 Å². The van der Waals surface area contributed by atoms with Crippen molar-refractivity contribution in [2.45, 2.75) is 12.8 Å². The molecule has 1 aromatic rings. The van der Waals surface area contributed by atoms with E-state index in [1.54, 1.807) is 0 Å². The lowest BCUT2D eigenvalue weighted by Gasteiger charge is -2.04. The molecule has 1 saturated carbocycles. The van der Waals surface area contributed by atoms with Crippen molar-refractivity contribution in [3.63, 3.8) is 0 Å². The van der Waals surface area contributed by atoms with Crippen LogP contribution in [-0.2, 0) is 7.05 Å². The second-order valence-electron chi connectivity index (χ2n) is 3.81.